The second-order valence-corrected chi connectivity index (χ2v) is 2.99. The molecule has 1 N–H and O–H groups in total. The number of carbonyl (C=O) groups excluding carboxylic acids is 1. The molecule has 0 aromatic heterocycles. The summed E-state index contributed by atoms with van der Waals surface area (Å²) >= 11 is 5.70. The molecular weight excluding hydrogens is 174 g/mol. The van der Waals surface area contributed by atoms with E-state index >= 15 is 0 Å². The normalized spacial score (nSPS) is 12.2. The van der Waals surface area contributed by atoms with Crippen LogP contribution in [-0.2, 0) is 4.79 Å². The van der Waals surface area contributed by atoms with Gasteiger partial charge in [0.05, 0.1) is 6.04 Å². The van der Waals surface area contributed by atoms with Crippen molar-refractivity contribution in [2.75, 3.05) is 0 Å². The van der Waals surface area contributed by atoms with E-state index in [9.17, 15) is 4.79 Å². The van der Waals surface area contributed by atoms with Crippen molar-refractivity contribution in [3.05, 3.63) is 34.9 Å². The van der Waals surface area contributed by atoms with Gasteiger partial charge < -0.3 is 5.32 Å². The molecule has 0 aliphatic rings. The van der Waals surface area contributed by atoms with Crippen LogP contribution >= 0.6 is 11.6 Å². The van der Waals surface area contributed by atoms with Crippen molar-refractivity contribution in [3.63, 3.8) is 0 Å². The fraction of sp³-hybridized carbons (Fsp3) is 0.222. The van der Waals surface area contributed by atoms with Gasteiger partial charge in [-0.1, -0.05) is 23.7 Å². The zero-order chi connectivity index (χ0) is 8.97. The van der Waals surface area contributed by atoms with Crippen LogP contribution in [-0.4, -0.2) is 6.41 Å². The van der Waals surface area contributed by atoms with Crippen LogP contribution in [0.15, 0.2) is 24.3 Å². The summed E-state index contributed by atoms with van der Waals surface area (Å²) in [7, 11) is 0. The highest BCUT2D eigenvalue weighted by molar-refractivity contribution is 6.30. The smallest absolute Gasteiger partial charge is 0.207 e. The van der Waals surface area contributed by atoms with E-state index in [4.69, 9.17) is 11.6 Å². The number of nitrogens with one attached hydrogen (secondary N) is 1. The fourth-order valence-corrected chi connectivity index (χ4v) is 1.08. The molecular formula is C9H10ClNO. The van der Waals surface area contributed by atoms with Gasteiger partial charge in [0.1, 0.15) is 0 Å². The van der Waals surface area contributed by atoms with Crippen LogP contribution < -0.4 is 5.32 Å². The predicted molar refractivity (Wildman–Crippen MR) is 49.1 cm³/mol. The van der Waals surface area contributed by atoms with Crippen molar-refractivity contribution in [1.29, 1.82) is 0 Å². The number of amides is 1. The Hall–Kier alpha value is -1.02. The molecule has 0 bridgehead atoms. The molecule has 1 aromatic rings. The Morgan fingerprint density at radius 3 is 2.50 bits per heavy atom. The van der Waals surface area contributed by atoms with Crippen molar-refractivity contribution in [2.24, 2.45) is 0 Å². The van der Waals surface area contributed by atoms with E-state index in [-0.39, 0.29) is 6.04 Å². The van der Waals surface area contributed by atoms with Gasteiger partial charge >= 0.3 is 0 Å². The highest BCUT2D eigenvalue weighted by atomic mass is 35.5. The molecule has 0 spiro atoms. The molecule has 12 heavy (non-hydrogen) atoms. The minimum Gasteiger partial charge on any atom is -0.352 e. The Morgan fingerprint density at radius 2 is 2.00 bits per heavy atom. The molecule has 0 aliphatic heterocycles. The van der Waals surface area contributed by atoms with Crippen molar-refractivity contribution in [3.8, 4) is 0 Å². The van der Waals surface area contributed by atoms with E-state index < -0.39 is 0 Å². The first kappa shape index (κ1) is 9.07. The van der Waals surface area contributed by atoms with Gasteiger partial charge in [-0.2, -0.15) is 0 Å². The number of hydrogen-bond donors (Lipinski definition) is 1. The summed E-state index contributed by atoms with van der Waals surface area (Å²) < 4.78 is 0. The van der Waals surface area contributed by atoms with Crippen LogP contribution in [0.1, 0.15) is 18.5 Å². The van der Waals surface area contributed by atoms with Gasteiger partial charge in [0.15, 0.2) is 0 Å². The highest BCUT2D eigenvalue weighted by Gasteiger charge is 2.01. The van der Waals surface area contributed by atoms with E-state index in [0.29, 0.717) is 11.4 Å². The summed E-state index contributed by atoms with van der Waals surface area (Å²) in [4.78, 5) is 10.1. The lowest BCUT2D eigenvalue weighted by molar-refractivity contribution is -0.110. The summed E-state index contributed by atoms with van der Waals surface area (Å²) in [6.07, 6.45) is 0.694. The molecule has 0 aliphatic carbocycles. The van der Waals surface area contributed by atoms with Crippen LogP contribution in [0.3, 0.4) is 0 Å². The standard InChI is InChI=1S/C9H10ClNO/c1-7(11-6-12)8-2-4-9(10)5-3-8/h2-7H,1H3,(H,11,12)/t7-/m1/s1. The zero-order valence-electron chi connectivity index (χ0n) is 6.75. The third-order valence-corrected chi connectivity index (χ3v) is 1.94. The fourth-order valence-electron chi connectivity index (χ4n) is 0.950. The molecule has 1 amide bonds. The van der Waals surface area contributed by atoms with Crippen LogP contribution in [0.25, 0.3) is 0 Å². The quantitative estimate of drug-likeness (QED) is 0.715. The van der Waals surface area contributed by atoms with E-state index in [2.05, 4.69) is 5.32 Å². The topological polar surface area (TPSA) is 29.1 Å². The summed E-state index contributed by atoms with van der Waals surface area (Å²) in [6.45, 7) is 1.91. The molecule has 0 saturated carbocycles. The number of carbonyl (C=O) groups is 1. The van der Waals surface area contributed by atoms with E-state index in [1.165, 1.54) is 0 Å². The Kier molecular flexibility index (Phi) is 3.11. The van der Waals surface area contributed by atoms with Crippen LogP contribution in [0, 0.1) is 0 Å². The summed E-state index contributed by atoms with van der Waals surface area (Å²) in [5.41, 5.74) is 1.05. The molecule has 64 valence electrons. The molecule has 0 heterocycles. The van der Waals surface area contributed by atoms with Crippen molar-refractivity contribution >= 4 is 18.0 Å². The maximum absolute atomic E-state index is 10.1. The van der Waals surface area contributed by atoms with Crippen molar-refractivity contribution in [2.45, 2.75) is 13.0 Å². The van der Waals surface area contributed by atoms with Gasteiger partial charge in [-0.25, -0.2) is 0 Å². The molecule has 2 nitrogen and oxygen atoms in total. The van der Waals surface area contributed by atoms with Crippen LogP contribution in [0.5, 0.6) is 0 Å². The second kappa shape index (κ2) is 4.12. The first-order valence-electron chi connectivity index (χ1n) is 3.69. The summed E-state index contributed by atoms with van der Waals surface area (Å²) in [6, 6.07) is 7.44. The third-order valence-electron chi connectivity index (χ3n) is 1.69. The van der Waals surface area contributed by atoms with Gasteiger partial charge in [0.2, 0.25) is 6.41 Å². The van der Waals surface area contributed by atoms with Gasteiger partial charge in [-0.05, 0) is 24.6 Å². The molecule has 0 radical (unpaired) electrons. The maximum Gasteiger partial charge on any atom is 0.207 e. The maximum atomic E-state index is 10.1. The number of hydrogen-bond acceptors (Lipinski definition) is 1. The van der Waals surface area contributed by atoms with Gasteiger partial charge in [0, 0.05) is 5.02 Å². The van der Waals surface area contributed by atoms with Crippen LogP contribution in [0.2, 0.25) is 5.02 Å². The van der Waals surface area contributed by atoms with E-state index in [1.807, 2.05) is 19.1 Å². The molecule has 1 aromatic carbocycles. The van der Waals surface area contributed by atoms with Gasteiger partial charge in [0.25, 0.3) is 0 Å². The lowest BCUT2D eigenvalue weighted by Gasteiger charge is -2.09. The molecule has 0 unspecified atom stereocenters. The lowest BCUT2D eigenvalue weighted by atomic mass is 10.1. The highest BCUT2D eigenvalue weighted by Crippen LogP contribution is 2.15. The average Bonchev–Trinajstić information content (AvgIpc) is 2.06. The molecule has 3 heteroatoms. The first-order chi connectivity index (χ1) is 5.74. The second-order valence-electron chi connectivity index (χ2n) is 2.56. The first-order valence-corrected chi connectivity index (χ1v) is 4.07. The lowest BCUT2D eigenvalue weighted by Crippen LogP contribution is -2.15. The van der Waals surface area contributed by atoms with Crippen LogP contribution in [0.4, 0.5) is 0 Å². The monoisotopic (exact) mass is 183 g/mol. The minimum atomic E-state index is 0.0415. The minimum absolute atomic E-state index is 0.0415. The van der Waals surface area contributed by atoms with Gasteiger partial charge in [-0.3, -0.25) is 4.79 Å². The van der Waals surface area contributed by atoms with Crippen molar-refractivity contribution in [1.82, 2.24) is 5.32 Å². The number of halogens is 1. The molecule has 0 saturated heterocycles. The van der Waals surface area contributed by atoms with E-state index in [1.54, 1.807) is 12.1 Å². The van der Waals surface area contributed by atoms with Crippen molar-refractivity contribution < 1.29 is 4.79 Å². The number of rotatable bonds is 3. The predicted octanol–water partition coefficient (Wildman–Crippen LogP) is 2.15. The Labute approximate surface area is 76.5 Å². The number of benzene rings is 1. The molecule has 1 rings (SSSR count). The molecule has 0 fully saturated rings. The van der Waals surface area contributed by atoms with Gasteiger partial charge in [-0.15, -0.1) is 0 Å². The Bertz CT molecular complexity index is 258. The zero-order valence-corrected chi connectivity index (χ0v) is 7.51. The van der Waals surface area contributed by atoms with E-state index in [0.717, 1.165) is 5.56 Å². The average molecular weight is 184 g/mol. The SMILES string of the molecule is C[C@@H](NC=O)c1ccc(Cl)cc1. The third kappa shape index (κ3) is 2.24. The molecule has 1 atom stereocenters. The Morgan fingerprint density at radius 1 is 1.42 bits per heavy atom. The summed E-state index contributed by atoms with van der Waals surface area (Å²) in [5.74, 6) is 0. The summed E-state index contributed by atoms with van der Waals surface area (Å²) in [5, 5.41) is 3.36. The largest absolute Gasteiger partial charge is 0.352 e. The Balaban J connectivity index is 2.74.